The molecule has 27 heteroatoms. The van der Waals surface area contributed by atoms with E-state index in [0.717, 1.165) is 63.7 Å². The molecule has 4 heterocycles. The Morgan fingerprint density at radius 1 is 0.612 bits per heavy atom. The largest absolute Gasteiger partial charge is 0.428 e. The number of nitrogens with one attached hydrogen (secondary N) is 1. The van der Waals surface area contributed by atoms with Crippen LogP contribution in [0, 0.1) is 0 Å². The van der Waals surface area contributed by atoms with Crippen molar-refractivity contribution >= 4 is 192 Å². The number of hydrogen-bond acceptors (Lipinski definition) is 8. The number of halogens is 3. The summed E-state index contributed by atoms with van der Waals surface area (Å²) in [5.74, 6) is 0. The third-order valence-corrected chi connectivity index (χ3v) is 103. The van der Waals surface area contributed by atoms with Crippen LogP contribution >= 0.6 is 164 Å². The number of morpholine rings is 2. The first-order valence-electron chi connectivity index (χ1n) is 14.0. The summed E-state index contributed by atoms with van der Waals surface area (Å²) >= 11 is 17.1. The first-order chi connectivity index (χ1) is 23.3. The Morgan fingerprint density at radius 3 is 1.55 bits per heavy atom. The number of anilines is 1. The van der Waals surface area contributed by atoms with Gasteiger partial charge in [0.05, 0.1) is 26.4 Å². The highest BCUT2D eigenvalue weighted by Crippen LogP contribution is 3.24. The van der Waals surface area contributed by atoms with Gasteiger partial charge in [-0.2, -0.15) is 9.97 Å². The van der Waals surface area contributed by atoms with Crippen molar-refractivity contribution in [3.05, 3.63) is 51.8 Å². The van der Waals surface area contributed by atoms with Crippen molar-refractivity contribution in [2.75, 3.05) is 57.5 Å². The minimum atomic E-state index is 0.0635. The summed E-state index contributed by atoms with van der Waals surface area (Å²) in [6.45, 7) is 7.66. The van der Waals surface area contributed by atoms with Gasteiger partial charge < -0.3 is 28.5 Å². The summed E-state index contributed by atoms with van der Waals surface area (Å²) in [6.07, 6.45) is 0. The van der Waals surface area contributed by atoms with Crippen LogP contribution in [0.15, 0.2) is 45.2 Å². The third-order valence-electron chi connectivity index (χ3n) is 5.99. The summed E-state index contributed by atoms with van der Waals surface area (Å²) in [4.78, 5) is 10.4. The number of ether oxygens (including phenoxy) is 2. The standard InChI is InChI=1S/C11H11ClN2O2.C7H3Cl2NO.C4H9NO.H18P16/c12-8-1-2-10-9(7-8)13-11(16-10)14-3-5-15-6-4-14;8-4-1-2-6-5(3-4)10-7(9)11-6;1-3-6-4-2-5-1;1-10(2)14(9)16(13(7)8)15(11(3)4)12(5)6/h1-2,7H,3-6H2;1-3H;5H,1-4H2;1-9H2. The molecule has 0 saturated carbocycles. The molecule has 1 N–H and O–H groups in total. The molecule has 0 spiro atoms. The van der Waals surface area contributed by atoms with Gasteiger partial charge in [-0.25, -0.2) is 0 Å². The van der Waals surface area contributed by atoms with E-state index in [1.165, 1.54) is 0 Å². The molecular weight excluding hydrogens is 986 g/mol. The van der Waals surface area contributed by atoms with Crippen LogP contribution < -0.4 is 10.2 Å². The molecule has 2 aliphatic rings. The molecule has 0 amide bonds. The summed E-state index contributed by atoms with van der Waals surface area (Å²) in [5, 5.41) is 4.60. The summed E-state index contributed by atoms with van der Waals surface area (Å²) in [6, 6.07) is 11.3. The lowest BCUT2D eigenvalue weighted by Gasteiger charge is -2.40. The van der Waals surface area contributed by atoms with Gasteiger partial charge in [-0.3, -0.25) is 0 Å². The topological polar surface area (TPSA) is 85.8 Å². The molecule has 0 aliphatic carbocycles. The second kappa shape index (κ2) is 26.0. The lowest BCUT2D eigenvalue weighted by Crippen LogP contribution is -2.36. The maximum Gasteiger partial charge on any atom is 0.298 e. The molecule has 0 radical (unpaired) electrons. The molecular formula is C22H41Cl3N4O4P16. The molecule has 49 heavy (non-hydrogen) atoms. The average Bonchev–Trinajstić information content (AvgIpc) is 3.66. The zero-order valence-electron chi connectivity index (χ0n) is 26.1. The van der Waals surface area contributed by atoms with E-state index in [9.17, 15) is 0 Å². The zero-order chi connectivity index (χ0) is 36.1. The normalized spacial score (nSPS) is 16.4. The molecule has 11 atom stereocenters. The van der Waals surface area contributed by atoms with Crippen LogP contribution in [0.5, 0.6) is 0 Å². The van der Waals surface area contributed by atoms with Crippen molar-refractivity contribution in [3.63, 3.8) is 0 Å². The van der Waals surface area contributed by atoms with E-state index < -0.39 is 0 Å². The van der Waals surface area contributed by atoms with Crippen molar-refractivity contribution in [2.45, 2.75) is 0 Å². The molecule has 2 fully saturated rings. The second-order valence-corrected chi connectivity index (χ2v) is 72.5. The smallest absolute Gasteiger partial charge is 0.298 e. The Morgan fingerprint density at radius 2 is 1.10 bits per heavy atom. The number of fused-ring (bicyclic) bond motifs is 2. The van der Waals surface area contributed by atoms with Gasteiger partial charge in [-0.1, -0.05) is 23.2 Å². The number of oxazole rings is 2. The Kier molecular flexibility index (Phi) is 25.6. The number of hydrogen-bond donors (Lipinski definition) is 1. The molecule has 6 rings (SSSR count). The number of benzene rings is 2. The fraction of sp³-hybridized carbons (Fsp3) is 0.364. The van der Waals surface area contributed by atoms with Crippen molar-refractivity contribution < 1.29 is 18.3 Å². The van der Waals surface area contributed by atoms with E-state index in [2.05, 4.69) is 101 Å². The van der Waals surface area contributed by atoms with E-state index >= 15 is 0 Å². The van der Waals surface area contributed by atoms with Gasteiger partial charge in [-0.05, 0) is 96.9 Å². The Hall–Kier alpha value is 4.81. The van der Waals surface area contributed by atoms with Crippen LogP contribution in [-0.2, 0) is 9.47 Å². The highest BCUT2D eigenvalue weighted by atomic mass is 35.5. The fourth-order valence-corrected chi connectivity index (χ4v) is 168. The monoisotopic (exact) mass is 1030 g/mol. The molecule has 274 valence electrons. The van der Waals surface area contributed by atoms with E-state index in [1.807, 2.05) is 12.1 Å². The number of nitrogens with zero attached hydrogens (tertiary/aromatic N) is 3. The van der Waals surface area contributed by atoms with Gasteiger partial charge in [0.15, 0.2) is 11.2 Å². The predicted octanol–water partition coefficient (Wildman–Crippen LogP) is 14.0. The van der Waals surface area contributed by atoms with E-state index in [1.54, 1.807) is 24.3 Å². The van der Waals surface area contributed by atoms with Gasteiger partial charge >= 0.3 is 0 Å². The molecule has 8 nitrogen and oxygen atoms in total. The van der Waals surface area contributed by atoms with Crippen LogP contribution in [0.2, 0.25) is 15.4 Å². The van der Waals surface area contributed by atoms with E-state index in [4.69, 9.17) is 53.1 Å². The predicted molar refractivity (Wildman–Crippen MR) is 266 cm³/mol. The molecule has 2 aromatic carbocycles. The van der Waals surface area contributed by atoms with Crippen molar-refractivity contribution in [1.29, 1.82) is 0 Å². The van der Waals surface area contributed by atoms with Crippen molar-refractivity contribution in [2.24, 2.45) is 0 Å². The Balaban J connectivity index is 0.000000186. The number of rotatable bonds is 7. The summed E-state index contributed by atoms with van der Waals surface area (Å²) in [7, 11) is 27.8. The van der Waals surface area contributed by atoms with E-state index in [-0.39, 0.29) is 54.3 Å². The average molecular weight is 1030 g/mol. The maximum atomic E-state index is 5.90. The molecule has 2 saturated heterocycles. The lowest BCUT2D eigenvalue weighted by atomic mass is 10.3. The molecule has 0 bridgehead atoms. The minimum Gasteiger partial charge on any atom is -0.428 e. The quantitative estimate of drug-likeness (QED) is 0.183. The minimum absolute atomic E-state index is 0.0635. The summed E-state index contributed by atoms with van der Waals surface area (Å²) in [5.41, 5.74) is 2.90. The van der Waals surface area contributed by atoms with Gasteiger partial charge in [0.2, 0.25) is 0 Å². The van der Waals surface area contributed by atoms with Crippen LogP contribution in [0.25, 0.3) is 22.2 Å². The number of aromatic nitrogens is 2. The first kappa shape index (κ1) is 48.2. The van der Waals surface area contributed by atoms with Crippen LogP contribution in [-0.4, -0.2) is 62.6 Å². The van der Waals surface area contributed by atoms with Crippen LogP contribution in [0.3, 0.4) is 0 Å². The van der Waals surface area contributed by atoms with Gasteiger partial charge in [0.1, 0.15) is 11.0 Å². The third kappa shape index (κ3) is 17.3. The lowest BCUT2D eigenvalue weighted by molar-refractivity contribution is 0.109. The second-order valence-electron chi connectivity index (χ2n) is 9.53. The summed E-state index contributed by atoms with van der Waals surface area (Å²) < 4.78 is 21.0. The highest BCUT2D eigenvalue weighted by Gasteiger charge is 2.35. The first-order valence-corrected chi connectivity index (χ1v) is 43.3. The van der Waals surface area contributed by atoms with Crippen molar-refractivity contribution in [3.8, 4) is 0 Å². The molecule has 4 aromatic rings. The van der Waals surface area contributed by atoms with Crippen LogP contribution in [0.1, 0.15) is 0 Å². The Labute approximate surface area is 332 Å². The zero-order valence-corrected chi connectivity index (χ0v) is 45.0. The molecule has 11 unspecified atom stereocenters. The van der Waals surface area contributed by atoms with Gasteiger partial charge in [0, 0.05) is 36.2 Å². The SMILES string of the molecule is C1COCCN1.Clc1ccc2oc(Cl)nc2c1.Clc1ccc2oc(N3CCOCC3)nc2c1.PP(P)P(P)P(P(P)P)P(P(P)P)P(P)P. The Bertz CT molecular complexity index is 1530. The maximum absolute atomic E-state index is 5.90. The van der Waals surface area contributed by atoms with Gasteiger partial charge in [-0.15, -0.1) is 80.4 Å². The van der Waals surface area contributed by atoms with E-state index in [0.29, 0.717) is 27.2 Å². The van der Waals surface area contributed by atoms with Gasteiger partial charge in [0.25, 0.3) is 11.4 Å². The van der Waals surface area contributed by atoms with Crippen molar-refractivity contribution in [1.82, 2.24) is 15.3 Å². The molecule has 2 aromatic heterocycles. The fourth-order valence-electron chi connectivity index (χ4n) is 3.84. The highest BCUT2D eigenvalue weighted by molar-refractivity contribution is 9.30. The molecule has 2 aliphatic heterocycles. The van der Waals surface area contributed by atoms with Crippen LogP contribution in [0.4, 0.5) is 6.01 Å².